The number of aliphatic carboxylic acids is 1. The summed E-state index contributed by atoms with van der Waals surface area (Å²) in [6.07, 6.45) is -2.06. The summed E-state index contributed by atoms with van der Waals surface area (Å²) < 4.78 is 5.28. The van der Waals surface area contributed by atoms with Crippen LogP contribution in [-0.2, 0) is 14.3 Å². The van der Waals surface area contributed by atoms with Crippen LogP contribution in [0.15, 0.2) is 11.3 Å². The highest BCUT2D eigenvalue weighted by molar-refractivity contribution is 6.03. The predicted octanol–water partition coefficient (Wildman–Crippen LogP) is -1.75. The molecule has 19 heavy (non-hydrogen) atoms. The van der Waals surface area contributed by atoms with Gasteiger partial charge < -0.3 is 20.1 Å². The molecule has 0 aromatic carbocycles. The van der Waals surface area contributed by atoms with Gasteiger partial charge in [0.25, 0.3) is 5.91 Å². The SMILES string of the molecule is O=C(O)C1=C(CO)C2OCN(C(=O)O)[C@@H]3C(=O)N1[C@H]23. The number of hydrogen-bond acceptors (Lipinski definition) is 5. The zero-order chi connectivity index (χ0) is 13.9. The summed E-state index contributed by atoms with van der Waals surface area (Å²) in [6.45, 7) is -0.872. The van der Waals surface area contributed by atoms with Gasteiger partial charge in [-0.15, -0.1) is 0 Å². The quantitative estimate of drug-likeness (QED) is 0.507. The molecule has 0 aromatic heterocycles. The summed E-state index contributed by atoms with van der Waals surface area (Å²) in [4.78, 5) is 35.9. The number of β-lactam (4-membered cyclic amide) rings is 1. The van der Waals surface area contributed by atoms with E-state index >= 15 is 0 Å². The highest BCUT2D eigenvalue weighted by Crippen LogP contribution is 2.44. The minimum absolute atomic E-state index is 0.110. The topological polar surface area (TPSA) is 128 Å². The van der Waals surface area contributed by atoms with Gasteiger partial charge in [0.15, 0.2) is 0 Å². The number of nitrogens with zero attached hydrogens (tertiary/aromatic N) is 2. The summed E-state index contributed by atoms with van der Waals surface area (Å²) in [6, 6.07) is -1.62. The van der Waals surface area contributed by atoms with Crippen LogP contribution in [-0.4, -0.2) is 74.6 Å². The van der Waals surface area contributed by atoms with Crippen LogP contribution in [0.5, 0.6) is 0 Å². The van der Waals surface area contributed by atoms with Crippen molar-refractivity contribution in [2.45, 2.75) is 18.2 Å². The van der Waals surface area contributed by atoms with Gasteiger partial charge in [-0.3, -0.25) is 14.6 Å². The Morgan fingerprint density at radius 1 is 1.37 bits per heavy atom. The molecule has 3 rings (SSSR count). The zero-order valence-electron chi connectivity index (χ0n) is 9.52. The van der Waals surface area contributed by atoms with E-state index in [1.807, 2.05) is 0 Å². The number of aliphatic hydroxyl groups excluding tert-OH is 1. The van der Waals surface area contributed by atoms with E-state index in [0.29, 0.717) is 0 Å². The summed E-state index contributed by atoms with van der Waals surface area (Å²) in [5.41, 5.74) is -0.190. The highest BCUT2D eigenvalue weighted by Gasteiger charge is 2.65. The van der Waals surface area contributed by atoms with Gasteiger partial charge in [-0.2, -0.15) is 0 Å². The fourth-order valence-corrected chi connectivity index (χ4v) is 2.89. The second kappa shape index (κ2) is 3.68. The molecule has 102 valence electrons. The largest absolute Gasteiger partial charge is 0.477 e. The third kappa shape index (κ3) is 1.28. The van der Waals surface area contributed by atoms with E-state index in [1.54, 1.807) is 0 Å². The third-order valence-corrected chi connectivity index (χ3v) is 3.66. The van der Waals surface area contributed by atoms with Crippen molar-refractivity contribution in [2.24, 2.45) is 0 Å². The van der Waals surface area contributed by atoms with E-state index in [1.165, 1.54) is 0 Å². The average Bonchev–Trinajstić information content (AvgIpc) is 2.69. The maximum Gasteiger partial charge on any atom is 0.409 e. The first kappa shape index (κ1) is 11.9. The van der Waals surface area contributed by atoms with E-state index in [9.17, 15) is 19.5 Å². The van der Waals surface area contributed by atoms with Crippen molar-refractivity contribution >= 4 is 18.0 Å². The molecule has 3 atom stereocenters. The lowest BCUT2D eigenvalue weighted by Gasteiger charge is -2.51. The lowest BCUT2D eigenvalue weighted by molar-refractivity contribution is -0.182. The van der Waals surface area contributed by atoms with Crippen molar-refractivity contribution in [1.29, 1.82) is 0 Å². The lowest BCUT2D eigenvalue weighted by Crippen LogP contribution is -2.75. The van der Waals surface area contributed by atoms with Crippen molar-refractivity contribution in [3.63, 3.8) is 0 Å². The van der Waals surface area contributed by atoms with Crippen molar-refractivity contribution < 1.29 is 34.4 Å². The molecule has 0 aromatic rings. The number of rotatable bonds is 2. The van der Waals surface area contributed by atoms with Crippen LogP contribution in [0.1, 0.15) is 0 Å². The second-order valence-corrected chi connectivity index (χ2v) is 4.45. The molecule has 1 unspecified atom stereocenters. The van der Waals surface area contributed by atoms with Gasteiger partial charge in [-0.05, 0) is 0 Å². The van der Waals surface area contributed by atoms with E-state index < -0.39 is 42.8 Å². The first-order valence-electron chi connectivity index (χ1n) is 5.50. The van der Waals surface area contributed by atoms with Gasteiger partial charge in [0.2, 0.25) is 0 Å². The van der Waals surface area contributed by atoms with Crippen molar-refractivity contribution in [2.75, 3.05) is 13.3 Å². The van der Waals surface area contributed by atoms with Crippen LogP contribution in [0.2, 0.25) is 0 Å². The average molecular weight is 270 g/mol. The molecular weight excluding hydrogens is 260 g/mol. The Balaban J connectivity index is 2.01. The molecule has 2 amide bonds. The predicted molar refractivity (Wildman–Crippen MR) is 55.8 cm³/mol. The van der Waals surface area contributed by atoms with Gasteiger partial charge in [0, 0.05) is 5.57 Å². The van der Waals surface area contributed by atoms with E-state index in [-0.39, 0.29) is 18.0 Å². The van der Waals surface area contributed by atoms with Gasteiger partial charge in [0.05, 0.1) is 12.6 Å². The summed E-state index contributed by atoms with van der Waals surface area (Å²) in [5.74, 6) is -1.93. The van der Waals surface area contributed by atoms with Crippen LogP contribution in [0, 0.1) is 0 Å². The Bertz CT molecular complexity index is 528. The number of carbonyl (C=O) groups excluding carboxylic acids is 1. The number of aliphatic hydroxyl groups is 1. The molecule has 0 bridgehead atoms. The van der Waals surface area contributed by atoms with Crippen LogP contribution in [0.4, 0.5) is 4.79 Å². The van der Waals surface area contributed by atoms with Gasteiger partial charge in [-0.1, -0.05) is 0 Å². The smallest absolute Gasteiger partial charge is 0.409 e. The number of carboxylic acids is 1. The fraction of sp³-hybridized carbons (Fsp3) is 0.500. The zero-order valence-corrected chi connectivity index (χ0v) is 9.52. The Kier molecular flexibility index (Phi) is 2.31. The monoisotopic (exact) mass is 270 g/mol. The minimum Gasteiger partial charge on any atom is -0.477 e. The van der Waals surface area contributed by atoms with Gasteiger partial charge in [0.1, 0.15) is 24.6 Å². The Morgan fingerprint density at radius 3 is 2.58 bits per heavy atom. The normalized spacial score (nSPS) is 32.3. The molecule has 0 aliphatic carbocycles. The third-order valence-electron chi connectivity index (χ3n) is 3.66. The Hall–Kier alpha value is -2.13. The molecule has 2 saturated heterocycles. The summed E-state index contributed by atoms with van der Waals surface area (Å²) in [7, 11) is 0. The number of ether oxygens (including phenoxy) is 1. The molecule has 2 fully saturated rings. The van der Waals surface area contributed by atoms with Gasteiger partial charge >= 0.3 is 12.1 Å². The maximum atomic E-state index is 11.9. The van der Waals surface area contributed by atoms with E-state index in [4.69, 9.17) is 14.9 Å². The minimum atomic E-state index is -1.34. The molecule has 3 N–H and O–H groups in total. The number of carbonyl (C=O) groups is 3. The number of carboxylic acid groups (broad SMARTS) is 2. The fourth-order valence-electron chi connectivity index (χ4n) is 2.89. The highest BCUT2D eigenvalue weighted by atomic mass is 16.5. The van der Waals surface area contributed by atoms with Crippen LogP contribution < -0.4 is 0 Å². The number of hydrogen-bond donors (Lipinski definition) is 3. The van der Waals surface area contributed by atoms with Crippen LogP contribution >= 0.6 is 0 Å². The van der Waals surface area contributed by atoms with Crippen molar-refractivity contribution in [3.8, 4) is 0 Å². The Labute approximate surface area is 106 Å². The molecule has 3 heterocycles. The van der Waals surface area contributed by atoms with Crippen LogP contribution in [0.3, 0.4) is 0 Å². The van der Waals surface area contributed by atoms with E-state index in [0.717, 1.165) is 9.80 Å². The molecular formula is C10H10N2O7. The van der Waals surface area contributed by atoms with Crippen LogP contribution in [0.25, 0.3) is 0 Å². The summed E-state index contributed by atoms with van der Waals surface area (Å²) >= 11 is 0. The second-order valence-electron chi connectivity index (χ2n) is 4.45. The number of amides is 2. The standard InChI is InChI=1S/C10H10N2O7/c13-1-3-4(9(15)16)12-5-6(8(12)14)11(10(17)18)2-19-7(3)5/h5-7,13H,1-2H2,(H,15,16)(H,17,18)/t5-,6-,7?/m0/s1. The molecule has 3 aliphatic heterocycles. The lowest BCUT2D eigenvalue weighted by atomic mass is 9.89. The molecule has 9 heteroatoms. The molecule has 0 spiro atoms. The maximum absolute atomic E-state index is 11.9. The molecule has 0 radical (unpaired) electrons. The van der Waals surface area contributed by atoms with Crippen molar-refractivity contribution in [3.05, 3.63) is 11.3 Å². The first-order valence-corrected chi connectivity index (χ1v) is 5.50. The van der Waals surface area contributed by atoms with Gasteiger partial charge in [-0.25, -0.2) is 9.59 Å². The summed E-state index contributed by atoms with van der Waals surface area (Å²) in [5, 5.41) is 27.3. The molecule has 9 nitrogen and oxygen atoms in total. The Morgan fingerprint density at radius 2 is 2.05 bits per heavy atom. The molecule has 3 aliphatic rings. The van der Waals surface area contributed by atoms with E-state index in [2.05, 4.69) is 0 Å². The van der Waals surface area contributed by atoms with Crippen molar-refractivity contribution in [1.82, 2.24) is 9.80 Å². The first-order chi connectivity index (χ1) is 8.99. The molecule has 0 saturated carbocycles.